The molecule has 3 rings (SSSR count). The zero-order valence-electron chi connectivity index (χ0n) is 11.7. The van der Waals surface area contributed by atoms with E-state index in [4.69, 9.17) is 0 Å². The predicted octanol–water partition coefficient (Wildman–Crippen LogP) is 3.10. The summed E-state index contributed by atoms with van der Waals surface area (Å²) in [6.45, 7) is 3.83. The molecule has 1 N–H and O–H groups in total. The standard InChI is InChI=1S/C16H22F2N2/c17-14-9-13(10-15(18)11-14)16(12-3-1-2-4-12)20-7-5-19-6-8-20/h9-12,16,19H,1-8H2/t16-/m1/s1. The van der Waals surface area contributed by atoms with Crippen LogP contribution < -0.4 is 5.32 Å². The molecule has 1 aromatic rings. The van der Waals surface area contributed by atoms with E-state index in [1.807, 2.05) is 0 Å². The van der Waals surface area contributed by atoms with Crippen LogP contribution in [0.15, 0.2) is 18.2 Å². The topological polar surface area (TPSA) is 15.3 Å². The molecule has 2 aliphatic rings. The van der Waals surface area contributed by atoms with E-state index in [1.54, 1.807) is 0 Å². The monoisotopic (exact) mass is 280 g/mol. The van der Waals surface area contributed by atoms with Gasteiger partial charge in [0, 0.05) is 38.3 Å². The Balaban J connectivity index is 1.90. The van der Waals surface area contributed by atoms with E-state index in [0.29, 0.717) is 5.92 Å². The van der Waals surface area contributed by atoms with Crippen LogP contribution in [0, 0.1) is 17.6 Å². The third-order valence-electron chi connectivity index (χ3n) is 4.62. The summed E-state index contributed by atoms with van der Waals surface area (Å²) < 4.78 is 27.1. The molecule has 4 heteroatoms. The molecule has 1 atom stereocenters. The van der Waals surface area contributed by atoms with Crippen LogP contribution in [-0.2, 0) is 0 Å². The molecule has 1 saturated heterocycles. The van der Waals surface area contributed by atoms with Crippen LogP contribution in [0.25, 0.3) is 0 Å². The fourth-order valence-electron chi connectivity index (χ4n) is 3.76. The van der Waals surface area contributed by atoms with Gasteiger partial charge < -0.3 is 5.32 Å². The van der Waals surface area contributed by atoms with Crippen molar-refractivity contribution in [2.45, 2.75) is 31.7 Å². The molecule has 1 aliphatic heterocycles. The maximum absolute atomic E-state index is 13.6. The Labute approximate surface area is 119 Å². The molecule has 20 heavy (non-hydrogen) atoms. The van der Waals surface area contributed by atoms with Crippen LogP contribution >= 0.6 is 0 Å². The first-order valence-electron chi connectivity index (χ1n) is 7.65. The highest BCUT2D eigenvalue weighted by molar-refractivity contribution is 5.23. The Morgan fingerprint density at radius 2 is 1.60 bits per heavy atom. The fourth-order valence-corrected chi connectivity index (χ4v) is 3.76. The van der Waals surface area contributed by atoms with Gasteiger partial charge in [-0.25, -0.2) is 8.78 Å². The summed E-state index contributed by atoms with van der Waals surface area (Å²) in [4.78, 5) is 2.40. The van der Waals surface area contributed by atoms with Gasteiger partial charge in [0.1, 0.15) is 11.6 Å². The predicted molar refractivity (Wildman–Crippen MR) is 75.5 cm³/mol. The summed E-state index contributed by atoms with van der Waals surface area (Å²) in [5.74, 6) is -0.384. The van der Waals surface area contributed by atoms with Crippen LogP contribution in [0.2, 0.25) is 0 Å². The van der Waals surface area contributed by atoms with E-state index in [2.05, 4.69) is 10.2 Å². The van der Waals surface area contributed by atoms with Crippen molar-refractivity contribution in [3.8, 4) is 0 Å². The number of halogens is 2. The van der Waals surface area contributed by atoms with Crippen molar-refractivity contribution >= 4 is 0 Å². The first kappa shape index (κ1) is 14.0. The lowest BCUT2D eigenvalue weighted by atomic mass is 9.89. The third kappa shape index (κ3) is 3.01. The highest BCUT2D eigenvalue weighted by atomic mass is 19.1. The molecule has 1 saturated carbocycles. The van der Waals surface area contributed by atoms with E-state index < -0.39 is 11.6 Å². The zero-order valence-corrected chi connectivity index (χ0v) is 11.7. The van der Waals surface area contributed by atoms with Gasteiger partial charge in [0.2, 0.25) is 0 Å². The largest absolute Gasteiger partial charge is 0.314 e. The van der Waals surface area contributed by atoms with E-state index in [1.165, 1.54) is 37.8 Å². The van der Waals surface area contributed by atoms with E-state index >= 15 is 0 Å². The van der Waals surface area contributed by atoms with Crippen LogP contribution in [-0.4, -0.2) is 31.1 Å². The molecule has 110 valence electrons. The maximum Gasteiger partial charge on any atom is 0.126 e. The summed E-state index contributed by atoms with van der Waals surface area (Å²) in [5.41, 5.74) is 0.816. The minimum atomic E-state index is -0.460. The van der Waals surface area contributed by atoms with Gasteiger partial charge in [-0.15, -0.1) is 0 Å². The van der Waals surface area contributed by atoms with Crippen LogP contribution in [0.3, 0.4) is 0 Å². The number of benzene rings is 1. The summed E-state index contributed by atoms with van der Waals surface area (Å²) in [6.07, 6.45) is 4.83. The normalized spacial score (nSPS) is 23.1. The molecule has 0 aromatic heterocycles. The molecule has 1 heterocycles. The second-order valence-electron chi connectivity index (χ2n) is 5.98. The first-order valence-corrected chi connectivity index (χ1v) is 7.65. The SMILES string of the molecule is Fc1cc(F)cc([C@@H](C2CCCC2)N2CCNCC2)c1. The molecule has 0 spiro atoms. The Bertz CT molecular complexity index is 432. The molecule has 0 bridgehead atoms. The second-order valence-corrected chi connectivity index (χ2v) is 5.98. The number of piperazine rings is 1. The van der Waals surface area contributed by atoms with Crippen molar-refractivity contribution in [2.24, 2.45) is 5.92 Å². The first-order chi connectivity index (χ1) is 9.74. The van der Waals surface area contributed by atoms with Gasteiger partial charge in [0.05, 0.1) is 0 Å². The van der Waals surface area contributed by atoms with Crippen LogP contribution in [0.1, 0.15) is 37.3 Å². The van der Waals surface area contributed by atoms with E-state index in [9.17, 15) is 8.78 Å². The van der Waals surface area contributed by atoms with Crippen molar-refractivity contribution in [3.63, 3.8) is 0 Å². The van der Waals surface area contributed by atoms with Crippen LogP contribution in [0.4, 0.5) is 8.78 Å². The minimum absolute atomic E-state index is 0.171. The molecule has 0 amide bonds. The molecule has 0 unspecified atom stereocenters. The van der Waals surface area contributed by atoms with Gasteiger partial charge in [-0.05, 0) is 36.5 Å². The summed E-state index contributed by atoms with van der Waals surface area (Å²) in [7, 11) is 0. The number of hydrogen-bond acceptors (Lipinski definition) is 2. The summed E-state index contributed by atoms with van der Waals surface area (Å²) >= 11 is 0. The Morgan fingerprint density at radius 1 is 1.00 bits per heavy atom. The molecule has 2 fully saturated rings. The smallest absolute Gasteiger partial charge is 0.126 e. The van der Waals surface area contributed by atoms with Crippen molar-refractivity contribution in [1.82, 2.24) is 10.2 Å². The number of hydrogen-bond donors (Lipinski definition) is 1. The van der Waals surface area contributed by atoms with Crippen LogP contribution in [0.5, 0.6) is 0 Å². The van der Waals surface area contributed by atoms with E-state index in [0.717, 1.165) is 37.8 Å². The Morgan fingerprint density at radius 3 is 2.20 bits per heavy atom. The third-order valence-corrected chi connectivity index (χ3v) is 4.62. The lowest BCUT2D eigenvalue weighted by Gasteiger charge is -2.38. The number of rotatable bonds is 3. The van der Waals surface area contributed by atoms with Gasteiger partial charge in [0.15, 0.2) is 0 Å². The van der Waals surface area contributed by atoms with Gasteiger partial charge >= 0.3 is 0 Å². The molecule has 0 radical (unpaired) electrons. The Hall–Kier alpha value is -1.00. The second kappa shape index (κ2) is 6.19. The fraction of sp³-hybridized carbons (Fsp3) is 0.625. The van der Waals surface area contributed by atoms with Gasteiger partial charge in [-0.2, -0.15) is 0 Å². The quantitative estimate of drug-likeness (QED) is 0.915. The molecule has 1 aliphatic carbocycles. The van der Waals surface area contributed by atoms with Crippen molar-refractivity contribution < 1.29 is 8.78 Å². The lowest BCUT2D eigenvalue weighted by molar-refractivity contribution is 0.125. The highest BCUT2D eigenvalue weighted by Gasteiger charge is 2.32. The van der Waals surface area contributed by atoms with Crippen molar-refractivity contribution in [3.05, 3.63) is 35.4 Å². The van der Waals surface area contributed by atoms with E-state index in [-0.39, 0.29) is 6.04 Å². The number of nitrogens with one attached hydrogen (secondary N) is 1. The zero-order chi connectivity index (χ0) is 13.9. The average Bonchev–Trinajstić information content (AvgIpc) is 2.93. The maximum atomic E-state index is 13.6. The van der Waals surface area contributed by atoms with Crippen molar-refractivity contribution in [2.75, 3.05) is 26.2 Å². The van der Waals surface area contributed by atoms with Gasteiger partial charge in [0.25, 0.3) is 0 Å². The van der Waals surface area contributed by atoms with Crippen molar-refractivity contribution in [1.29, 1.82) is 0 Å². The molecular formula is C16H22F2N2. The number of nitrogens with zero attached hydrogens (tertiary/aromatic N) is 1. The average molecular weight is 280 g/mol. The molecular weight excluding hydrogens is 258 g/mol. The minimum Gasteiger partial charge on any atom is -0.314 e. The molecule has 1 aromatic carbocycles. The lowest BCUT2D eigenvalue weighted by Crippen LogP contribution is -2.46. The summed E-state index contributed by atoms with van der Waals surface area (Å²) in [6, 6.07) is 4.18. The summed E-state index contributed by atoms with van der Waals surface area (Å²) in [5, 5.41) is 3.34. The Kier molecular flexibility index (Phi) is 4.32. The van der Waals surface area contributed by atoms with Gasteiger partial charge in [-0.3, -0.25) is 4.90 Å². The highest BCUT2D eigenvalue weighted by Crippen LogP contribution is 2.40. The van der Waals surface area contributed by atoms with Gasteiger partial charge in [-0.1, -0.05) is 12.8 Å². The molecule has 2 nitrogen and oxygen atoms in total.